The first-order chi connectivity index (χ1) is 12.3. The van der Waals surface area contributed by atoms with Crippen LogP contribution in [0.3, 0.4) is 0 Å². The number of alkyl halides is 3. The van der Waals surface area contributed by atoms with Crippen LogP contribution in [0, 0.1) is 0 Å². The van der Waals surface area contributed by atoms with Crippen molar-refractivity contribution in [2.24, 2.45) is 7.05 Å². The number of furan rings is 1. The van der Waals surface area contributed by atoms with Crippen molar-refractivity contribution >= 4 is 27.9 Å². The van der Waals surface area contributed by atoms with Crippen LogP contribution in [0.1, 0.15) is 29.0 Å². The van der Waals surface area contributed by atoms with Crippen LogP contribution in [0.5, 0.6) is 0 Å². The molecule has 4 rings (SSSR count). The molecule has 1 amide bonds. The molecule has 0 spiro atoms. The number of rotatable bonds is 1. The first-order valence-electron chi connectivity index (χ1n) is 8.32. The Morgan fingerprint density at radius 2 is 2.04 bits per heavy atom. The van der Waals surface area contributed by atoms with Crippen LogP contribution in [-0.2, 0) is 13.2 Å². The van der Waals surface area contributed by atoms with E-state index in [0.29, 0.717) is 35.0 Å². The largest absolute Gasteiger partial charge is 0.449 e. The Morgan fingerprint density at radius 3 is 2.73 bits per heavy atom. The third-order valence-corrected chi connectivity index (χ3v) is 4.90. The van der Waals surface area contributed by atoms with Crippen LogP contribution in [0.25, 0.3) is 22.0 Å². The van der Waals surface area contributed by atoms with Crippen molar-refractivity contribution in [1.29, 1.82) is 0 Å². The summed E-state index contributed by atoms with van der Waals surface area (Å²) >= 11 is 0. The molecule has 3 heterocycles. The van der Waals surface area contributed by atoms with Crippen molar-refractivity contribution < 1.29 is 27.5 Å². The quantitative estimate of drug-likeness (QED) is 0.717. The summed E-state index contributed by atoms with van der Waals surface area (Å²) in [6, 6.07) is 4.99. The number of nitrogens with zero attached hydrogens (tertiary/aromatic N) is 2. The lowest BCUT2D eigenvalue weighted by atomic mass is 10.1. The van der Waals surface area contributed by atoms with Crippen LogP contribution in [0.15, 0.2) is 28.7 Å². The molecule has 1 aliphatic heterocycles. The van der Waals surface area contributed by atoms with Crippen molar-refractivity contribution in [1.82, 2.24) is 9.47 Å². The molecule has 0 aliphatic carbocycles. The number of aromatic nitrogens is 1. The molecular formula is C18H17F3N2O3. The minimum Gasteiger partial charge on any atom is -0.449 e. The Balaban J connectivity index is 1.76. The van der Waals surface area contributed by atoms with E-state index in [4.69, 9.17) is 4.42 Å². The van der Waals surface area contributed by atoms with Crippen LogP contribution < -0.4 is 0 Å². The first-order valence-corrected chi connectivity index (χ1v) is 8.32. The molecule has 0 saturated carbocycles. The number of hydrogen-bond donors (Lipinski definition) is 1. The zero-order chi connectivity index (χ0) is 18.6. The predicted octanol–water partition coefficient (Wildman–Crippen LogP) is 3.54. The van der Waals surface area contributed by atoms with Gasteiger partial charge in [0.25, 0.3) is 5.91 Å². The monoisotopic (exact) mass is 366 g/mol. The number of hydrogen-bond acceptors (Lipinski definition) is 3. The lowest BCUT2D eigenvalue weighted by molar-refractivity contribution is -0.137. The minimum atomic E-state index is -4.42. The number of β-amino-alcohol motifs (C(OH)–C–C–N with tert-alkyl or cyclic N) is 1. The first kappa shape index (κ1) is 17.0. The second kappa shape index (κ2) is 5.77. The Morgan fingerprint density at radius 1 is 1.27 bits per heavy atom. The van der Waals surface area contributed by atoms with Gasteiger partial charge in [0.05, 0.1) is 22.7 Å². The highest BCUT2D eigenvalue weighted by Crippen LogP contribution is 2.36. The number of halogens is 3. The normalized spacial score (nSPS) is 18.8. The van der Waals surface area contributed by atoms with E-state index in [1.165, 1.54) is 11.0 Å². The summed E-state index contributed by atoms with van der Waals surface area (Å²) < 4.78 is 46.1. The van der Waals surface area contributed by atoms with Crippen molar-refractivity contribution in [3.8, 4) is 0 Å². The number of fused-ring (bicyclic) bond motifs is 3. The zero-order valence-electron chi connectivity index (χ0n) is 14.0. The van der Waals surface area contributed by atoms with Gasteiger partial charge in [0.2, 0.25) is 0 Å². The van der Waals surface area contributed by atoms with Gasteiger partial charge in [-0.15, -0.1) is 0 Å². The third-order valence-electron chi connectivity index (χ3n) is 4.90. The van der Waals surface area contributed by atoms with Gasteiger partial charge in [-0.25, -0.2) is 0 Å². The number of piperidine rings is 1. The highest BCUT2D eigenvalue weighted by atomic mass is 19.4. The number of likely N-dealkylation sites (tertiary alicyclic amines) is 1. The topological polar surface area (TPSA) is 58.6 Å². The fraction of sp³-hybridized carbons (Fsp3) is 0.389. The van der Waals surface area contributed by atoms with Gasteiger partial charge in [-0.2, -0.15) is 13.2 Å². The number of carbonyl (C=O) groups excluding carboxylic acids is 1. The van der Waals surface area contributed by atoms with E-state index in [1.807, 2.05) is 0 Å². The fourth-order valence-electron chi connectivity index (χ4n) is 3.53. The minimum absolute atomic E-state index is 0.126. The van der Waals surface area contributed by atoms with Crippen molar-refractivity contribution in [3.05, 3.63) is 35.6 Å². The molecule has 1 unspecified atom stereocenters. The van der Waals surface area contributed by atoms with Crippen molar-refractivity contribution in [2.45, 2.75) is 25.1 Å². The molecule has 8 heteroatoms. The second-order valence-electron chi connectivity index (χ2n) is 6.66. The highest BCUT2D eigenvalue weighted by molar-refractivity contribution is 6.07. The Bertz CT molecular complexity index is 1000. The molecule has 1 aromatic carbocycles. The fourth-order valence-corrected chi connectivity index (χ4v) is 3.53. The van der Waals surface area contributed by atoms with Gasteiger partial charge >= 0.3 is 6.18 Å². The Labute approximate surface area is 146 Å². The van der Waals surface area contributed by atoms with E-state index >= 15 is 0 Å². The number of aliphatic hydroxyl groups excluding tert-OH is 1. The van der Waals surface area contributed by atoms with E-state index in [0.717, 1.165) is 18.6 Å². The van der Waals surface area contributed by atoms with Gasteiger partial charge in [-0.3, -0.25) is 4.79 Å². The lowest BCUT2D eigenvalue weighted by Gasteiger charge is -2.29. The molecule has 3 aromatic rings. The molecule has 5 nitrogen and oxygen atoms in total. The molecule has 1 fully saturated rings. The van der Waals surface area contributed by atoms with Gasteiger partial charge in [0, 0.05) is 31.6 Å². The van der Waals surface area contributed by atoms with Crippen LogP contribution in [0.2, 0.25) is 0 Å². The summed E-state index contributed by atoms with van der Waals surface area (Å²) in [6.07, 6.45) is -3.58. The molecule has 0 bridgehead atoms. The molecule has 138 valence electrons. The molecule has 1 atom stereocenters. The summed E-state index contributed by atoms with van der Waals surface area (Å²) in [5, 5.41) is 10.3. The second-order valence-corrected chi connectivity index (χ2v) is 6.66. The maximum atomic E-state index is 12.9. The van der Waals surface area contributed by atoms with Gasteiger partial charge in [0.15, 0.2) is 11.3 Å². The predicted molar refractivity (Wildman–Crippen MR) is 88.8 cm³/mol. The third kappa shape index (κ3) is 2.65. The van der Waals surface area contributed by atoms with E-state index in [1.54, 1.807) is 17.7 Å². The van der Waals surface area contributed by atoms with E-state index in [2.05, 4.69) is 0 Å². The molecule has 2 aromatic heterocycles. The standard InChI is InChI=1S/C18H17F3N2O3/c1-22-13-7-10(18(19,20)21)4-5-12(13)16-14(22)8-15(26-16)17(25)23-6-2-3-11(24)9-23/h4-5,7-8,11,24H,2-3,6,9H2,1H3. The molecule has 0 radical (unpaired) electrons. The van der Waals surface area contributed by atoms with Crippen LogP contribution in [-0.4, -0.2) is 39.7 Å². The Hall–Kier alpha value is -2.48. The smallest absolute Gasteiger partial charge is 0.416 e. The van der Waals surface area contributed by atoms with Crippen molar-refractivity contribution in [3.63, 3.8) is 0 Å². The zero-order valence-corrected chi connectivity index (χ0v) is 14.0. The number of benzene rings is 1. The molecule has 26 heavy (non-hydrogen) atoms. The van der Waals surface area contributed by atoms with Gasteiger partial charge in [-0.1, -0.05) is 0 Å². The number of aliphatic hydroxyl groups is 1. The van der Waals surface area contributed by atoms with E-state index in [-0.39, 0.29) is 18.2 Å². The van der Waals surface area contributed by atoms with Crippen LogP contribution >= 0.6 is 0 Å². The number of amides is 1. The summed E-state index contributed by atoms with van der Waals surface area (Å²) in [4.78, 5) is 14.1. The van der Waals surface area contributed by atoms with Crippen molar-refractivity contribution in [2.75, 3.05) is 13.1 Å². The van der Waals surface area contributed by atoms with Gasteiger partial charge in [0.1, 0.15) is 0 Å². The summed E-state index contributed by atoms with van der Waals surface area (Å²) in [7, 11) is 1.64. The summed E-state index contributed by atoms with van der Waals surface area (Å²) in [5.74, 6) is -0.193. The van der Waals surface area contributed by atoms with E-state index in [9.17, 15) is 23.1 Å². The van der Waals surface area contributed by atoms with Gasteiger partial charge < -0.3 is 19.0 Å². The highest BCUT2D eigenvalue weighted by Gasteiger charge is 2.32. The summed E-state index contributed by atoms with van der Waals surface area (Å²) in [5.41, 5.74) is 0.602. The number of carbonyl (C=O) groups is 1. The number of aryl methyl sites for hydroxylation is 1. The van der Waals surface area contributed by atoms with E-state index < -0.39 is 17.8 Å². The van der Waals surface area contributed by atoms with Gasteiger partial charge in [-0.05, 0) is 31.0 Å². The summed E-state index contributed by atoms with van der Waals surface area (Å²) in [6.45, 7) is 0.800. The Kier molecular flexibility index (Phi) is 3.76. The molecule has 1 N–H and O–H groups in total. The maximum absolute atomic E-state index is 12.9. The molecule has 1 aliphatic rings. The van der Waals surface area contributed by atoms with Crippen LogP contribution in [0.4, 0.5) is 13.2 Å². The average molecular weight is 366 g/mol. The SMILES string of the molecule is Cn1c2cc(C(F)(F)F)ccc2c2oc(C(=O)N3CCCC(O)C3)cc21. The maximum Gasteiger partial charge on any atom is 0.416 e. The molecule has 1 saturated heterocycles. The average Bonchev–Trinajstić information content (AvgIpc) is 3.13. The lowest BCUT2D eigenvalue weighted by Crippen LogP contribution is -2.42. The molecular weight excluding hydrogens is 349 g/mol.